The highest BCUT2D eigenvalue weighted by Gasteiger charge is 2.36. The lowest BCUT2D eigenvalue weighted by Gasteiger charge is -2.26. The molecule has 0 unspecified atom stereocenters. The fourth-order valence-corrected chi connectivity index (χ4v) is 3.73. The Morgan fingerprint density at radius 2 is 2.08 bits per heavy atom. The minimum Gasteiger partial charge on any atom is -0.497 e. The molecule has 0 spiro atoms. The van der Waals surface area contributed by atoms with Crippen molar-refractivity contribution in [2.75, 3.05) is 27.2 Å². The highest BCUT2D eigenvalue weighted by Crippen LogP contribution is 2.21. The number of β-amino-alcohol motifs (C(OH)–C–C–N with tert-alkyl or cyclic N) is 1. The van der Waals surface area contributed by atoms with E-state index in [0.717, 1.165) is 12.3 Å². The van der Waals surface area contributed by atoms with Gasteiger partial charge in [0.15, 0.2) is 0 Å². The number of rotatable bonds is 5. The van der Waals surface area contributed by atoms with Crippen LogP contribution < -0.4 is 4.74 Å². The number of aliphatic hydroxyl groups is 1. The number of hydrogen-bond acceptors (Lipinski definition) is 5. The smallest absolute Gasteiger partial charge is 0.254 e. The van der Waals surface area contributed by atoms with Crippen LogP contribution in [-0.2, 0) is 6.54 Å². The van der Waals surface area contributed by atoms with Crippen LogP contribution in [-0.4, -0.2) is 60.2 Å². The standard InChI is InChI=1S/C18H22N2O3S/c1-19(9-13-7-8-24-12-13)16-10-20(11-17(16)21)18(22)14-3-5-15(23-2)6-4-14/h3-8,12,16-17,21H,9-11H2,1-2H3/t16-,17-/m0/s1. The van der Waals surface area contributed by atoms with Crippen LogP contribution in [0.4, 0.5) is 0 Å². The first-order valence-corrected chi connectivity index (χ1v) is 8.85. The van der Waals surface area contributed by atoms with Crippen LogP contribution >= 0.6 is 11.3 Å². The number of ether oxygens (including phenoxy) is 1. The second-order valence-corrected chi connectivity index (χ2v) is 6.90. The summed E-state index contributed by atoms with van der Waals surface area (Å²) in [6.45, 7) is 1.67. The van der Waals surface area contributed by atoms with E-state index in [1.54, 1.807) is 47.6 Å². The van der Waals surface area contributed by atoms with Crippen LogP contribution in [0.1, 0.15) is 15.9 Å². The van der Waals surface area contributed by atoms with Crippen molar-refractivity contribution in [2.45, 2.75) is 18.7 Å². The van der Waals surface area contributed by atoms with Gasteiger partial charge in [-0.05, 0) is 53.7 Å². The van der Waals surface area contributed by atoms with Gasteiger partial charge in [0.25, 0.3) is 5.91 Å². The Morgan fingerprint density at radius 1 is 1.33 bits per heavy atom. The predicted molar refractivity (Wildman–Crippen MR) is 94.5 cm³/mol. The summed E-state index contributed by atoms with van der Waals surface area (Å²) in [5.41, 5.74) is 1.85. The van der Waals surface area contributed by atoms with Crippen molar-refractivity contribution in [3.8, 4) is 5.75 Å². The first kappa shape index (κ1) is 17.0. The van der Waals surface area contributed by atoms with Gasteiger partial charge in [0.1, 0.15) is 5.75 Å². The molecule has 0 bridgehead atoms. The number of likely N-dealkylation sites (tertiary alicyclic amines) is 1. The monoisotopic (exact) mass is 346 g/mol. The van der Waals surface area contributed by atoms with Crippen molar-refractivity contribution < 1.29 is 14.6 Å². The van der Waals surface area contributed by atoms with Crippen molar-refractivity contribution in [1.29, 1.82) is 0 Å². The molecule has 6 heteroatoms. The maximum absolute atomic E-state index is 12.6. The molecule has 0 saturated carbocycles. The molecule has 2 heterocycles. The zero-order chi connectivity index (χ0) is 17.1. The van der Waals surface area contributed by atoms with Gasteiger partial charge < -0.3 is 14.7 Å². The molecule has 1 amide bonds. The first-order valence-electron chi connectivity index (χ1n) is 7.91. The first-order chi connectivity index (χ1) is 11.6. The molecular formula is C18H22N2O3S. The molecule has 24 heavy (non-hydrogen) atoms. The summed E-state index contributed by atoms with van der Waals surface area (Å²) in [5.74, 6) is 0.671. The second kappa shape index (κ2) is 7.34. The Labute approximate surface area is 146 Å². The van der Waals surface area contributed by atoms with Crippen LogP contribution in [0.15, 0.2) is 41.1 Å². The van der Waals surface area contributed by atoms with E-state index in [9.17, 15) is 9.90 Å². The lowest BCUT2D eigenvalue weighted by atomic mass is 10.2. The fraction of sp³-hybridized carbons (Fsp3) is 0.389. The van der Waals surface area contributed by atoms with Gasteiger partial charge in [-0.2, -0.15) is 11.3 Å². The highest BCUT2D eigenvalue weighted by atomic mass is 32.1. The summed E-state index contributed by atoms with van der Waals surface area (Å²) < 4.78 is 5.12. The molecule has 0 aliphatic carbocycles. The van der Waals surface area contributed by atoms with E-state index in [1.807, 2.05) is 12.4 Å². The summed E-state index contributed by atoms with van der Waals surface area (Å²) >= 11 is 1.67. The number of nitrogens with zero attached hydrogens (tertiary/aromatic N) is 2. The van der Waals surface area contributed by atoms with Crippen LogP contribution in [0.5, 0.6) is 5.75 Å². The average molecular weight is 346 g/mol. The van der Waals surface area contributed by atoms with Gasteiger partial charge in [0.2, 0.25) is 0 Å². The molecule has 1 fully saturated rings. The molecule has 0 radical (unpaired) electrons. The number of hydrogen-bond donors (Lipinski definition) is 1. The number of likely N-dealkylation sites (N-methyl/N-ethyl adjacent to an activating group) is 1. The van der Waals surface area contributed by atoms with E-state index in [4.69, 9.17) is 4.74 Å². The Morgan fingerprint density at radius 3 is 2.71 bits per heavy atom. The minimum absolute atomic E-state index is 0.0490. The molecule has 2 aromatic rings. The number of carbonyl (C=O) groups excluding carboxylic acids is 1. The molecule has 1 N–H and O–H groups in total. The SMILES string of the molecule is COc1ccc(C(=O)N2C[C@H](O)[C@@H](N(C)Cc3ccsc3)C2)cc1. The fourth-order valence-electron chi connectivity index (χ4n) is 3.07. The zero-order valence-electron chi connectivity index (χ0n) is 13.9. The van der Waals surface area contributed by atoms with E-state index < -0.39 is 6.10 Å². The van der Waals surface area contributed by atoms with Gasteiger partial charge in [-0.1, -0.05) is 0 Å². The Bertz CT molecular complexity index is 672. The number of benzene rings is 1. The van der Waals surface area contributed by atoms with Crippen LogP contribution in [0.25, 0.3) is 0 Å². The number of methoxy groups -OCH3 is 1. The van der Waals surface area contributed by atoms with Gasteiger partial charge >= 0.3 is 0 Å². The van der Waals surface area contributed by atoms with Gasteiger partial charge in [0, 0.05) is 25.2 Å². The maximum Gasteiger partial charge on any atom is 0.254 e. The van der Waals surface area contributed by atoms with Crippen molar-refractivity contribution in [2.24, 2.45) is 0 Å². The molecule has 1 aliphatic heterocycles. The normalized spacial score (nSPS) is 20.6. The van der Waals surface area contributed by atoms with Crippen molar-refractivity contribution in [1.82, 2.24) is 9.80 Å². The van der Waals surface area contributed by atoms with E-state index in [-0.39, 0.29) is 11.9 Å². The van der Waals surface area contributed by atoms with Crippen LogP contribution in [0, 0.1) is 0 Å². The number of aliphatic hydroxyl groups excluding tert-OH is 1. The van der Waals surface area contributed by atoms with Crippen molar-refractivity contribution >= 4 is 17.2 Å². The summed E-state index contributed by atoms with van der Waals surface area (Å²) in [5, 5.41) is 14.5. The molecule has 1 aromatic carbocycles. The third-order valence-electron chi connectivity index (χ3n) is 4.46. The maximum atomic E-state index is 12.6. The van der Waals surface area contributed by atoms with Crippen molar-refractivity contribution in [3.63, 3.8) is 0 Å². The average Bonchev–Trinajstić information content (AvgIpc) is 3.23. The molecule has 1 aromatic heterocycles. The molecule has 1 aliphatic rings. The Hall–Kier alpha value is -1.89. The van der Waals surface area contributed by atoms with E-state index in [2.05, 4.69) is 16.3 Å². The van der Waals surface area contributed by atoms with Crippen LogP contribution in [0.3, 0.4) is 0 Å². The van der Waals surface area contributed by atoms with E-state index in [0.29, 0.717) is 18.7 Å². The third-order valence-corrected chi connectivity index (χ3v) is 5.19. The zero-order valence-corrected chi connectivity index (χ0v) is 14.7. The predicted octanol–water partition coefficient (Wildman–Crippen LogP) is 2.07. The van der Waals surface area contributed by atoms with Gasteiger partial charge in [-0.3, -0.25) is 9.69 Å². The molecule has 2 atom stereocenters. The molecule has 3 rings (SSSR count). The molecule has 5 nitrogen and oxygen atoms in total. The largest absolute Gasteiger partial charge is 0.497 e. The number of carbonyl (C=O) groups is 1. The lowest BCUT2D eigenvalue weighted by Crippen LogP contribution is -2.40. The molecule has 128 valence electrons. The van der Waals surface area contributed by atoms with Gasteiger partial charge in [-0.15, -0.1) is 0 Å². The highest BCUT2D eigenvalue weighted by molar-refractivity contribution is 7.07. The molecular weight excluding hydrogens is 324 g/mol. The summed E-state index contributed by atoms with van der Waals surface area (Å²) in [6, 6.07) is 9.11. The number of thiophene rings is 1. The topological polar surface area (TPSA) is 53.0 Å². The van der Waals surface area contributed by atoms with Crippen molar-refractivity contribution in [3.05, 3.63) is 52.2 Å². The van der Waals surface area contributed by atoms with E-state index >= 15 is 0 Å². The van der Waals surface area contributed by atoms with E-state index in [1.165, 1.54) is 5.56 Å². The van der Waals surface area contributed by atoms with Gasteiger partial charge in [-0.25, -0.2) is 0 Å². The second-order valence-electron chi connectivity index (χ2n) is 6.12. The summed E-state index contributed by atoms with van der Waals surface area (Å²) in [4.78, 5) is 16.5. The lowest BCUT2D eigenvalue weighted by molar-refractivity contribution is 0.0763. The van der Waals surface area contributed by atoms with Crippen LogP contribution in [0.2, 0.25) is 0 Å². The minimum atomic E-state index is -0.532. The Kier molecular flexibility index (Phi) is 5.18. The van der Waals surface area contributed by atoms with Gasteiger partial charge in [0.05, 0.1) is 19.3 Å². The third kappa shape index (κ3) is 3.61. The Balaban J connectivity index is 1.64. The quantitative estimate of drug-likeness (QED) is 0.901. The summed E-state index contributed by atoms with van der Waals surface area (Å²) in [7, 11) is 3.59. The summed E-state index contributed by atoms with van der Waals surface area (Å²) in [6.07, 6.45) is -0.532. The molecule has 1 saturated heterocycles. The number of amides is 1.